The molecule has 0 aromatic carbocycles. The number of carboxylic acid groups (broad SMARTS) is 1. The second-order valence-corrected chi connectivity index (χ2v) is 14.7. The van der Waals surface area contributed by atoms with Crippen molar-refractivity contribution in [1.29, 1.82) is 0 Å². The number of aliphatic hydroxyl groups excluding tert-OH is 2. The Morgan fingerprint density at radius 1 is 1.03 bits per heavy atom. The van der Waals surface area contributed by atoms with Gasteiger partial charge in [-0.1, -0.05) is 49.2 Å². The number of hydrogen-bond donors (Lipinski definition) is 2. The molecule has 0 aromatic rings. The normalized spacial score (nSPS) is 44.2. The van der Waals surface area contributed by atoms with Crippen molar-refractivity contribution in [2.75, 3.05) is 0 Å². The number of fused-ring (bicyclic) bond motifs is 5. The van der Waals surface area contributed by atoms with Gasteiger partial charge in [-0.15, -0.1) is 0 Å². The molecular weight excluding hydrogens is 656 g/mol. The van der Waals surface area contributed by atoms with Crippen LogP contribution in [0.5, 0.6) is 0 Å². The molecule has 4 fully saturated rings. The zero-order valence-electron chi connectivity index (χ0n) is 24.4. The molecule has 2 N–H and O–H groups in total. The molecule has 0 radical (unpaired) electrons. The summed E-state index contributed by atoms with van der Waals surface area (Å²) >= 11 is 3.57. The molecule has 10 atom stereocenters. The minimum absolute atomic E-state index is 0. The number of hydrogen-bond acceptors (Lipinski definition) is 6. The van der Waals surface area contributed by atoms with Gasteiger partial charge in [-0.05, 0) is 121 Å². The van der Waals surface area contributed by atoms with Crippen molar-refractivity contribution < 1.29 is 52.0 Å². The molecule has 224 valence electrons. The van der Waals surface area contributed by atoms with Gasteiger partial charge in [0.2, 0.25) is 0 Å². The van der Waals surface area contributed by atoms with E-state index in [-0.39, 0.29) is 74.5 Å². The summed E-state index contributed by atoms with van der Waals surface area (Å²) in [4.78, 5) is 24.8. The van der Waals surface area contributed by atoms with Crippen LogP contribution in [0.4, 0.5) is 0 Å². The molecule has 2 unspecified atom stereocenters. The first-order valence-electron chi connectivity index (χ1n) is 14.4. The van der Waals surface area contributed by atoms with Gasteiger partial charge in [0.1, 0.15) is 6.10 Å². The monoisotopic (exact) mass is 700 g/mol. The third-order valence-electron chi connectivity index (χ3n) is 11.7. The number of carbonyl (C=O) groups is 2. The number of aliphatic carboxylic acids is 1. The molecule has 6 nitrogen and oxygen atoms in total. The van der Waals surface area contributed by atoms with E-state index >= 15 is 0 Å². The van der Waals surface area contributed by atoms with Crippen molar-refractivity contribution >= 4 is 27.9 Å². The van der Waals surface area contributed by atoms with E-state index in [0.29, 0.717) is 30.8 Å². The van der Waals surface area contributed by atoms with Crippen LogP contribution < -0.4 is 5.11 Å². The van der Waals surface area contributed by atoms with Crippen LogP contribution in [0.25, 0.3) is 0 Å². The standard InChI is InChI=1S/C31H47BrO6.Ag/c1-16(2)22(32)9-8-19(28(36)37)26-21-14-24(35)27-29(5)12-11-23(34)17(3)20(29)10-13-30(27,6)31(21,7)15-25(26)38-18(4)33;/h17,20-21,23-25,27,34-35H,8-15H2,1-7H3,(H,36,37);/q;+1/p-1/t17-,20?,21+,23+,24+,25-,27?,29-,30-,31-;/m0./s1. The molecule has 4 aliphatic carbocycles. The molecule has 0 aliphatic heterocycles. The van der Waals surface area contributed by atoms with E-state index < -0.39 is 24.1 Å². The summed E-state index contributed by atoms with van der Waals surface area (Å²) in [5.41, 5.74) is 1.20. The molecule has 0 heterocycles. The number of aliphatic hydroxyl groups is 2. The Morgan fingerprint density at radius 3 is 2.23 bits per heavy atom. The van der Waals surface area contributed by atoms with Crippen LogP contribution in [0.3, 0.4) is 0 Å². The van der Waals surface area contributed by atoms with Gasteiger partial charge < -0.3 is 24.9 Å². The first kappa shape index (κ1) is 33.1. The minimum Gasteiger partial charge on any atom is -0.545 e. The van der Waals surface area contributed by atoms with E-state index in [9.17, 15) is 24.9 Å². The maximum absolute atomic E-state index is 12.6. The van der Waals surface area contributed by atoms with Crippen LogP contribution in [0.1, 0.15) is 99.8 Å². The molecule has 39 heavy (non-hydrogen) atoms. The van der Waals surface area contributed by atoms with E-state index in [2.05, 4.69) is 43.6 Å². The van der Waals surface area contributed by atoms with Crippen molar-refractivity contribution in [2.24, 2.45) is 39.9 Å². The second-order valence-electron chi connectivity index (χ2n) is 13.7. The topological polar surface area (TPSA) is 107 Å². The molecule has 0 spiro atoms. The molecule has 0 bridgehead atoms. The molecule has 0 amide bonds. The maximum Gasteiger partial charge on any atom is 1.00 e. The molecule has 4 aliphatic rings. The zero-order chi connectivity index (χ0) is 28.4. The fourth-order valence-corrected chi connectivity index (χ4v) is 9.96. The third kappa shape index (κ3) is 5.31. The smallest absolute Gasteiger partial charge is 0.545 e. The van der Waals surface area contributed by atoms with Crippen LogP contribution in [0, 0.1) is 39.9 Å². The third-order valence-corrected chi connectivity index (χ3v) is 12.9. The number of carbonyl (C=O) groups excluding carboxylic acids is 2. The Labute approximate surface area is 258 Å². The molecule has 8 heteroatoms. The van der Waals surface area contributed by atoms with E-state index in [0.717, 1.165) is 35.7 Å². The SMILES string of the molecule is CC(=O)O[C@H]1C[C@@]2(C)[C@H](C[C@@H](O)C3[C@@]4(C)CC[C@@H](O)[C@@H](C)C4CC[C@@]32C)C1=C(CCC(Br)=C(C)C)C(=O)[O-].[Ag+]. The summed E-state index contributed by atoms with van der Waals surface area (Å²) in [5.74, 6) is -1.32. The van der Waals surface area contributed by atoms with Crippen LogP contribution in [0.2, 0.25) is 0 Å². The van der Waals surface area contributed by atoms with Crippen molar-refractivity contribution in [3.05, 3.63) is 21.2 Å². The molecule has 4 saturated carbocycles. The van der Waals surface area contributed by atoms with Gasteiger partial charge in [0.15, 0.2) is 0 Å². The van der Waals surface area contributed by atoms with Crippen molar-refractivity contribution in [2.45, 2.75) is 118 Å². The van der Waals surface area contributed by atoms with Crippen LogP contribution >= 0.6 is 15.9 Å². The summed E-state index contributed by atoms with van der Waals surface area (Å²) < 4.78 is 6.82. The molecule has 0 aromatic heterocycles. The first-order valence-corrected chi connectivity index (χ1v) is 15.2. The Bertz CT molecular complexity index is 1050. The fourth-order valence-electron chi connectivity index (χ4n) is 9.76. The Balaban J connectivity index is 0.00000420. The average Bonchev–Trinajstić information content (AvgIpc) is 3.08. The Morgan fingerprint density at radius 2 is 1.67 bits per heavy atom. The average molecular weight is 702 g/mol. The van der Waals surface area contributed by atoms with Gasteiger partial charge in [-0.3, -0.25) is 4.79 Å². The largest absolute Gasteiger partial charge is 1.00 e. The molecule has 0 saturated heterocycles. The summed E-state index contributed by atoms with van der Waals surface area (Å²) in [7, 11) is 0. The van der Waals surface area contributed by atoms with E-state index in [4.69, 9.17) is 4.74 Å². The maximum atomic E-state index is 12.6. The van der Waals surface area contributed by atoms with Gasteiger partial charge in [0, 0.05) is 6.92 Å². The minimum atomic E-state index is -1.22. The van der Waals surface area contributed by atoms with Gasteiger partial charge in [0.05, 0.1) is 18.2 Å². The molecular formula is C31H46AgBrO6. The van der Waals surface area contributed by atoms with Crippen LogP contribution in [0.15, 0.2) is 21.2 Å². The summed E-state index contributed by atoms with van der Waals surface area (Å²) in [6.45, 7) is 14.3. The summed E-state index contributed by atoms with van der Waals surface area (Å²) in [5, 5.41) is 35.2. The summed E-state index contributed by atoms with van der Waals surface area (Å²) in [6.07, 6.45) is 3.72. The quantitative estimate of drug-likeness (QED) is 0.236. The van der Waals surface area contributed by atoms with E-state index in [1.807, 2.05) is 13.8 Å². The number of esters is 1. The Kier molecular flexibility index (Phi) is 9.90. The Hall–Kier alpha value is -0.440. The number of ether oxygens (including phenoxy) is 1. The van der Waals surface area contributed by atoms with Gasteiger partial charge in [0.25, 0.3) is 0 Å². The van der Waals surface area contributed by atoms with Crippen molar-refractivity contribution in [1.82, 2.24) is 0 Å². The van der Waals surface area contributed by atoms with Crippen molar-refractivity contribution in [3.8, 4) is 0 Å². The van der Waals surface area contributed by atoms with Gasteiger partial charge in [-0.2, -0.15) is 0 Å². The second kappa shape index (κ2) is 11.7. The number of carboxylic acids is 1. The zero-order valence-corrected chi connectivity index (χ0v) is 27.5. The van der Waals surface area contributed by atoms with E-state index in [1.54, 1.807) is 0 Å². The first-order chi connectivity index (χ1) is 17.6. The number of halogens is 1. The van der Waals surface area contributed by atoms with Gasteiger partial charge in [-0.25, -0.2) is 0 Å². The fraction of sp³-hybridized carbons (Fsp3) is 0.806. The molecule has 4 rings (SSSR count). The number of rotatable bonds is 5. The van der Waals surface area contributed by atoms with E-state index in [1.165, 1.54) is 6.92 Å². The van der Waals surface area contributed by atoms with Crippen LogP contribution in [-0.4, -0.2) is 40.5 Å². The van der Waals surface area contributed by atoms with Gasteiger partial charge >= 0.3 is 28.3 Å². The van der Waals surface area contributed by atoms with Crippen molar-refractivity contribution in [3.63, 3.8) is 0 Å². The number of allylic oxidation sites excluding steroid dienone is 2. The predicted octanol–water partition coefficient (Wildman–Crippen LogP) is 5.05. The summed E-state index contributed by atoms with van der Waals surface area (Å²) in [6, 6.07) is 0. The predicted molar refractivity (Wildman–Crippen MR) is 148 cm³/mol. The van der Waals surface area contributed by atoms with Crippen LogP contribution in [-0.2, 0) is 36.7 Å².